The van der Waals surface area contributed by atoms with Gasteiger partial charge in [-0.3, -0.25) is 4.79 Å². The average Bonchev–Trinajstić information content (AvgIpc) is 3.28. The van der Waals surface area contributed by atoms with Crippen LogP contribution in [0.4, 0.5) is 4.39 Å². The SMILES string of the molecule is O=C(C[NH+](Cc1ccco1)Cc1cccs1)NCc1ccc(F)cc1. The molecule has 0 bridgehead atoms. The number of hydrogen-bond donors (Lipinski definition) is 2. The molecule has 0 aliphatic rings. The Kier molecular flexibility index (Phi) is 5.98. The van der Waals surface area contributed by atoms with Crippen molar-refractivity contribution < 1.29 is 18.5 Å². The van der Waals surface area contributed by atoms with E-state index in [4.69, 9.17) is 4.42 Å². The molecule has 2 N–H and O–H groups in total. The van der Waals surface area contributed by atoms with E-state index in [2.05, 4.69) is 11.4 Å². The molecule has 1 amide bonds. The average molecular weight is 359 g/mol. The summed E-state index contributed by atoms with van der Waals surface area (Å²) in [6.07, 6.45) is 1.65. The molecule has 6 heteroatoms. The van der Waals surface area contributed by atoms with E-state index < -0.39 is 0 Å². The lowest BCUT2D eigenvalue weighted by atomic mass is 10.2. The minimum atomic E-state index is -0.278. The van der Waals surface area contributed by atoms with Crippen LogP contribution in [0.1, 0.15) is 16.2 Å². The highest BCUT2D eigenvalue weighted by Crippen LogP contribution is 2.07. The maximum absolute atomic E-state index is 12.9. The van der Waals surface area contributed by atoms with Gasteiger partial charge in [-0.2, -0.15) is 0 Å². The quantitative estimate of drug-likeness (QED) is 0.649. The lowest BCUT2D eigenvalue weighted by molar-refractivity contribution is -0.920. The van der Waals surface area contributed by atoms with E-state index in [0.29, 0.717) is 19.6 Å². The largest absolute Gasteiger partial charge is 0.463 e. The number of carbonyl (C=O) groups is 1. The maximum atomic E-state index is 12.9. The first-order chi connectivity index (χ1) is 12.2. The molecule has 0 saturated heterocycles. The van der Waals surface area contributed by atoms with E-state index in [1.165, 1.54) is 17.0 Å². The van der Waals surface area contributed by atoms with Gasteiger partial charge in [0.1, 0.15) is 18.9 Å². The number of thiophene rings is 1. The second-order valence-corrected chi connectivity index (χ2v) is 6.87. The molecule has 0 aliphatic heterocycles. The summed E-state index contributed by atoms with van der Waals surface area (Å²) in [5.41, 5.74) is 0.876. The molecule has 25 heavy (non-hydrogen) atoms. The van der Waals surface area contributed by atoms with Crippen LogP contribution in [0.25, 0.3) is 0 Å². The normalized spacial score (nSPS) is 12.0. The monoisotopic (exact) mass is 359 g/mol. The van der Waals surface area contributed by atoms with Crippen LogP contribution in [0.5, 0.6) is 0 Å². The lowest BCUT2D eigenvalue weighted by Crippen LogP contribution is -3.10. The highest BCUT2D eigenvalue weighted by molar-refractivity contribution is 7.09. The third-order valence-electron chi connectivity index (χ3n) is 3.82. The van der Waals surface area contributed by atoms with Gasteiger partial charge in [0.25, 0.3) is 5.91 Å². The van der Waals surface area contributed by atoms with Crippen LogP contribution >= 0.6 is 11.3 Å². The Morgan fingerprint density at radius 1 is 1.12 bits per heavy atom. The van der Waals surface area contributed by atoms with Gasteiger partial charge in [0.2, 0.25) is 0 Å². The van der Waals surface area contributed by atoms with Crippen LogP contribution in [0, 0.1) is 5.82 Å². The van der Waals surface area contributed by atoms with Gasteiger partial charge in [-0.15, -0.1) is 11.3 Å². The van der Waals surface area contributed by atoms with Gasteiger partial charge in [0.05, 0.1) is 11.1 Å². The van der Waals surface area contributed by atoms with E-state index in [-0.39, 0.29) is 11.7 Å². The van der Waals surface area contributed by atoms with Crippen molar-refractivity contribution in [2.45, 2.75) is 19.6 Å². The predicted octanol–water partition coefficient (Wildman–Crippen LogP) is 2.38. The van der Waals surface area contributed by atoms with Gasteiger partial charge in [0.15, 0.2) is 12.3 Å². The number of nitrogens with one attached hydrogen (secondary N) is 2. The van der Waals surface area contributed by atoms with Crippen molar-refractivity contribution in [3.63, 3.8) is 0 Å². The fourth-order valence-corrected chi connectivity index (χ4v) is 3.38. The topological polar surface area (TPSA) is 46.7 Å². The van der Waals surface area contributed by atoms with E-state index in [9.17, 15) is 9.18 Å². The molecule has 130 valence electrons. The molecule has 1 aromatic carbocycles. The van der Waals surface area contributed by atoms with Crippen molar-refractivity contribution in [3.05, 3.63) is 82.2 Å². The molecule has 2 heterocycles. The zero-order chi connectivity index (χ0) is 17.5. The number of carbonyl (C=O) groups excluding carboxylic acids is 1. The molecule has 0 aliphatic carbocycles. The number of furan rings is 1. The Labute approximate surface area is 149 Å². The molecule has 1 atom stereocenters. The van der Waals surface area contributed by atoms with Gasteiger partial charge < -0.3 is 14.6 Å². The third-order valence-corrected chi connectivity index (χ3v) is 4.70. The van der Waals surface area contributed by atoms with Gasteiger partial charge >= 0.3 is 0 Å². The highest BCUT2D eigenvalue weighted by atomic mass is 32.1. The molecule has 4 nitrogen and oxygen atoms in total. The number of hydrogen-bond acceptors (Lipinski definition) is 3. The van der Waals surface area contributed by atoms with Crippen molar-refractivity contribution in [3.8, 4) is 0 Å². The van der Waals surface area contributed by atoms with Gasteiger partial charge in [-0.05, 0) is 41.3 Å². The maximum Gasteiger partial charge on any atom is 0.275 e. The van der Waals surface area contributed by atoms with Gasteiger partial charge in [-0.25, -0.2) is 4.39 Å². The molecule has 1 unspecified atom stereocenters. The summed E-state index contributed by atoms with van der Waals surface area (Å²) >= 11 is 1.68. The van der Waals surface area contributed by atoms with E-state index in [1.807, 2.05) is 23.6 Å². The number of quaternary nitrogens is 1. The summed E-state index contributed by atoms with van der Waals surface area (Å²) in [5, 5.41) is 4.93. The highest BCUT2D eigenvalue weighted by Gasteiger charge is 2.17. The summed E-state index contributed by atoms with van der Waals surface area (Å²) in [4.78, 5) is 14.7. The Hall–Kier alpha value is -2.44. The Bertz CT molecular complexity index is 734. The first-order valence-corrected chi connectivity index (χ1v) is 8.96. The van der Waals surface area contributed by atoms with Crippen LogP contribution in [-0.4, -0.2) is 12.5 Å². The fraction of sp³-hybridized carbons (Fsp3) is 0.211. The van der Waals surface area contributed by atoms with E-state index in [1.54, 1.807) is 29.7 Å². The second kappa shape index (κ2) is 8.60. The van der Waals surface area contributed by atoms with E-state index in [0.717, 1.165) is 22.8 Å². The van der Waals surface area contributed by atoms with Gasteiger partial charge in [0, 0.05) is 6.54 Å². The number of rotatable bonds is 8. The Morgan fingerprint density at radius 2 is 1.96 bits per heavy atom. The molecule has 2 aromatic heterocycles. The fourth-order valence-electron chi connectivity index (χ4n) is 2.60. The first-order valence-electron chi connectivity index (χ1n) is 8.08. The van der Waals surface area contributed by atoms with Crippen LogP contribution in [0.3, 0.4) is 0 Å². The van der Waals surface area contributed by atoms with Crippen molar-refractivity contribution in [1.29, 1.82) is 0 Å². The minimum Gasteiger partial charge on any atom is -0.463 e. The third kappa shape index (κ3) is 5.55. The van der Waals surface area contributed by atoms with Crippen molar-refractivity contribution in [1.82, 2.24) is 5.32 Å². The number of benzene rings is 1. The number of amides is 1. The van der Waals surface area contributed by atoms with Gasteiger partial charge in [-0.1, -0.05) is 18.2 Å². The first kappa shape index (κ1) is 17.4. The Morgan fingerprint density at radius 3 is 2.64 bits per heavy atom. The second-order valence-electron chi connectivity index (χ2n) is 5.84. The molecule has 3 aromatic rings. The number of halogens is 1. The summed E-state index contributed by atoms with van der Waals surface area (Å²) in [7, 11) is 0. The molecular formula is C19H20FN2O2S+. The Balaban J connectivity index is 1.56. The van der Waals surface area contributed by atoms with Crippen LogP contribution < -0.4 is 10.2 Å². The molecular weight excluding hydrogens is 339 g/mol. The summed E-state index contributed by atoms with van der Waals surface area (Å²) in [6.45, 7) is 2.16. The van der Waals surface area contributed by atoms with Crippen LogP contribution in [0.2, 0.25) is 0 Å². The van der Waals surface area contributed by atoms with Crippen molar-refractivity contribution in [2.75, 3.05) is 6.54 Å². The van der Waals surface area contributed by atoms with Crippen LogP contribution in [-0.2, 0) is 24.4 Å². The molecule has 0 spiro atoms. The lowest BCUT2D eigenvalue weighted by Gasteiger charge is -2.17. The van der Waals surface area contributed by atoms with Crippen LogP contribution in [0.15, 0.2) is 64.6 Å². The smallest absolute Gasteiger partial charge is 0.275 e. The predicted molar refractivity (Wildman–Crippen MR) is 94.5 cm³/mol. The standard InChI is InChI=1S/C19H19FN2O2S/c20-16-7-5-15(6-8-16)11-21-19(23)14-22(12-17-3-1-9-24-17)13-18-4-2-10-25-18/h1-10H,11-14H2,(H,21,23)/p+1. The molecule has 0 saturated carbocycles. The van der Waals surface area contributed by atoms with Crippen molar-refractivity contribution in [2.24, 2.45) is 0 Å². The zero-order valence-corrected chi connectivity index (χ0v) is 14.5. The summed E-state index contributed by atoms with van der Waals surface area (Å²) in [6, 6.07) is 14.0. The molecule has 0 fully saturated rings. The molecule has 0 radical (unpaired) electrons. The van der Waals surface area contributed by atoms with Crippen molar-refractivity contribution >= 4 is 17.2 Å². The zero-order valence-electron chi connectivity index (χ0n) is 13.7. The summed E-state index contributed by atoms with van der Waals surface area (Å²) in [5.74, 6) is 0.542. The van der Waals surface area contributed by atoms with E-state index >= 15 is 0 Å². The minimum absolute atomic E-state index is 0.0394. The molecule has 3 rings (SSSR count). The summed E-state index contributed by atoms with van der Waals surface area (Å²) < 4.78 is 18.3.